The number of rotatable bonds is 0. The average molecular weight is 326 g/mol. The molecular formula is C13H12Se2. The molecular weight excluding hydrogens is 314 g/mol. The first-order valence-electron chi connectivity index (χ1n) is 5.22. The molecule has 3 rings (SSSR count). The Balaban J connectivity index is 2.32. The second-order valence-electron chi connectivity index (χ2n) is 3.66. The molecule has 2 aromatic rings. The molecule has 0 unspecified atom stereocenters. The standard InChI is InChI=1S/C13H12Se2/c1-4-10-5-2-7-12-13(10)11(6-1)14-8-3-9-15-12/h1-2,4-7H,3,8-9H2. The van der Waals surface area contributed by atoms with Crippen LogP contribution >= 0.6 is 0 Å². The van der Waals surface area contributed by atoms with Gasteiger partial charge in [-0.25, -0.2) is 0 Å². The fraction of sp³-hybridized carbons (Fsp3) is 0.231. The Bertz CT molecular complexity index is 450. The first-order chi connectivity index (χ1) is 7.45. The van der Waals surface area contributed by atoms with E-state index in [4.69, 9.17) is 0 Å². The molecule has 0 spiro atoms. The van der Waals surface area contributed by atoms with Crippen LogP contribution in [0.1, 0.15) is 6.42 Å². The van der Waals surface area contributed by atoms with Crippen LogP contribution in [-0.4, -0.2) is 29.9 Å². The van der Waals surface area contributed by atoms with Gasteiger partial charge in [0.15, 0.2) is 0 Å². The minimum atomic E-state index is 0.701. The Kier molecular flexibility index (Phi) is 2.85. The molecule has 0 aliphatic carbocycles. The van der Waals surface area contributed by atoms with Gasteiger partial charge < -0.3 is 0 Å². The predicted molar refractivity (Wildman–Crippen MR) is 69.0 cm³/mol. The van der Waals surface area contributed by atoms with Crippen molar-refractivity contribution in [3.8, 4) is 0 Å². The van der Waals surface area contributed by atoms with Crippen LogP contribution in [0.15, 0.2) is 36.4 Å². The molecule has 1 heterocycles. The van der Waals surface area contributed by atoms with Crippen molar-refractivity contribution in [2.75, 3.05) is 0 Å². The van der Waals surface area contributed by atoms with Gasteiger partial charge in [-0.15, -0.1) is 0 Å². The summed E-state index contributed by atoms with van der Waals surface area (Å²) in [5.41, 5.74) is 0. The fourth-order valence-electron chi connectivity index (χ4n) is 1.94. The molecule has 0 N–H and O–H groups in total. The van der Waals surface area contributed by atoms with Gasteiger partial charge in [0.25, 0.3) is 0 Å². The Morgan fingerprint density at radius 1 is 0.800 bits per heavy atom. The van der Waals surface area contributed by atoms with E-state index in [1.54, 1.807) is 14.3 Å². The third-order valence-electron chi connectivity index (χ3n) is 2.63. The van der Waals surface area contributed by atoms with Gasteiger partial charge in [0.2, 0.25) is 0 Å². The van der Waals surface area contributed by atoms with Crippen molar-refractivity contribution in [3.63, 3.8) is 0 Å². The quantitative estimate of drug-likeness (QED) is 0.647. The first-order valence-corrected chi connectivity index (χ1v) is 9.36. The molecule has 0 nitrogen and oxygen atoms in total. The van der Waals surface area contributed by atoms with Crippen molar-refractivity contribution in [3.05, 3.63) is 36.4 Å². The molecule has 0 amide bonds. The maximum atomic E-state index is 2.34. The zero-order valence-corrected chi connectivity index (χ0v) is 11.8. The van der Waals surface area contributed by atoms with Crippen molar-refractivity contribution < 1.29 is 0 Å². The van der Waals surface area contributed by atoms with Crippen LogP contribution in [-0.2, 0) is 0 Å². The third kappa shape index (κ3) is 1.88. The first kappa shape index (κ1) is 9.93. The number of hydrogen-bond donors (Lipinski definition) is 0. The molecule has 2 heteroatoms. The molecule has 1 aliphatic rings. The summed E-state index contributed by atoms with van der Waals surface area (Å²) >= 11 is 1.40. The Morgan fingerprint density at radius 2 is 1.40 bits per heavy atom. The van der Waals surface area contributed by atoms with Crippen LogP contribution in [0.5, 0.6) is 0 Å². The number of benzene rings is 2. The second kappa shape index (κ2) is 4.31. The van der Waals surface area contributed by atoms with E-state index in [0.29, 0.717) is 29.9 Å². The van der Waals surface area contributed by atoms with E-state index < -0.39 is 0 Å². The summed E-state index contributed by atoms with van der Waals surface area (Å²) < 4.78 is 3.27. The Hall–Kier alpha value is -0.261. The van der Waals surface area contributed by atoms with E-state index in [1.807, 2.05) is 0 Å². The maximum absolute atomic E-state index is 2.34. The minimum absolute atomic E-state index is 0.701. The van der Waals surface area contributed by atoms with E-state index in [1.165, 1.54) is 22.4 Å². The average Bonchev–Trinajstić information content (AvgIpc) is 2.25. The van der Waals surface area contributed by atoms with Crippen LogP contribution < -0.4 is 8.92 Å². The molecule has 0 radical (unpaired) electrons. The predicted octanol–water partition coefficient (Wildman–Crippen LogP) is 1.74. The van der Waals surface area contributed by atoms with Crippen molar-refractivity contribution in [2.45, 2.75) is 17.1 Å². The van der Waals surface area contributed by atoms with E-state index in [9.17, 15) is 0 Å². The van der Waals surface area contributed by atoms with E-state index in [0.717, 1.165) is 0 Å². The third-order valence-corrected chi connectivity index (χ3v) is 7.43. The molecule has 15 heavy (non-hydrogen) atoms. The fourth-order valence-corrected chi connectivity index (χ4v) is 7.62. The summed E-state index contributed by atoms with van der Waals surface area (Å²) in [7, 11) is 0. The van der Waals surface area contributed by atoms with Crippen molar-refractivity contribution in [2.24, 2.45) is 0 Å². The summed E-state index contributed by atoms with van der Waals surface area (Å²) in [5.74, 6) is 0. The molecule has 0 saturated heterocycles. The zero-order chi connectivity index (χ0) is 10.1. The van der Waals surface area contributed by atoms with Crippen LogP contribution in [0.4, 0.5) is 0 Å². The number of hydrogen-bond acceptors (Lipinski definition) is 0. The summed E-state index contributed by atoms with van der Waals surface area (Å²) in [6.45, 7) is 0. The van der Waals surface area contributed by atoms with Gasteiger partial charge >= 0.3 is 103 Å². The van der Waals surface area contributed by atoms with E-state index in [-0.39, 0.29) is 0 Å². The van der Waals surface area contributed by atoms with Gasteiger partial charge in [-0.3, -0.25) is 0 Å². The summed E-state index contributed by atoms with van der Waals surface area (Å²) in [6.07, 6.45) is 1.44. The monoisotopic (exact) mass is 328 g/mol. The van der Waals surface area contributed by atoms with Gasteiger partial charge in [0.05, 0.1) is 0 Å². The summed E-state index contributed by atoms with van der Waals surface area (Å²) in [5, 5.41) is 5.92. The van der Waals surface area contributed by atoms with Crippen molar-refractivity contribution in [1.82, 2.24) is 0 Å². The van der Waals surface area contributed by atoms with Gasteiger partial charge in [0, 0.05) is 0 Å². The molecule has 0 bridgehead atoms. The van der Waals surface area contributed by atoms with Crippen LogP contribution in [0.3, 0.4) is 0 Å². The Labute approximate surface area is 103 Å². The van der Waals surface area contributed by atoms with E-state index in [2.05, 4.69) is 36.4 Å². The molecule has 2 aromatic carbocycles. The SMILES string of the molecule is c1cc2c3c(cccc3c1)[Se]CCC[Se]2. The topological polar surface area (TPSA) is 0 Å². The zero-order valence-electron chi connectivity index (χ0n) is 8.40. The molecule has 0 saturated carbocycles. The molecule has 76 valence electrons. The second-order valence-corrected chi connectivity index (χ2v) is 8.43. The van der Waals surface area contributed by atoms with Gasteiger partial charge in [-0.1, -0.05) is 0 Å². The molecule has 0 aromatic heterocycles. The van der Waals surface area contributed by atoms with Crippen molar-refractivity contribution in [1.29, 1.82) is 0 Å². The van der Waals surface area contributed by atoms with Gasteiger partial charge in [0.1, 0.15) is 0 Å². The van der Waals surface area contributed by atoms with Crippen LogP contribution in [0, 0.1) is 0 Å². The van der Waals surface area contributed by atoms with Crippen LogP contribution in [0.2, 0.25) is 10.6 Å². The summed E-state index contributed by atoms with van der Waals surface area (Å²) in [6, 6.07) is 13.6. The normalized spacial score (nSPS) is 16.0. The van der Waals surface area contributed by atoms with Gasteiger partial charge in [-0.05, 0) is 0 Å². The molecule has 0 atom stereocenters. The van der Waals surface area contributed by atoms with Crippen LogP contribution in [0.25, 0.3) is 10.8 Å². The van der Waals surface area contributed by atoms with E-state index >= 15 is 0 Å². The Morgan fingerprint density at radius 3 is 2.00 bits per heavy atom. The van der Waals surface area contributed by atoms with Crippen molar-refractivity contribution >= 4 is 49.6 Å². The molecule has 0 fully saturated rings. The molecule has 1 aliphatic heterocycles. The summed E-state index contributed by atoms with van der Waals surface area (Å²) in [4.78, 5) is 0. The van der Waals surface area contributed by atoms with Gasteiger partial charge in [-0.2, -0.15) is 0 Å².